The molecule has 2 rings (SSSR count). The Hall–Kier alpha value is -2.64. The number of hydrogen-bond acceptors (Lipinski definition) is 5. The number of alkyl carbamates (subject to hydrolysis) is 1. The number of nitrogens with one attached hydrogen (secondary N) is 1. The first-order valence-electron chi connectivity index (χ1n) is 9.06. The molecule has 1 aliphatic rings. The van der Waals surface area contributed by atoms with E-state index in [0.717, 1.165) is 5.56 Å². The maximum atomic E-state index is 13.0. The van der Waals surface area contributed by atoms with Crippen LogP contribution in [0.4, 0.5) is 4.79 Å². The van der Waals surface area contributed by atoms with Crippen molar-refractivity contribution in [1.29, 1.82) is 0 Å². The zero-order valence-electron chi connectivity index (χ0n) is 16.0. The monoisotopic (exact) mass is 377 g/mol. The molecule has 148 valence electrons. The lowest BCUT2D eigenvalue weighted by Crippen LogP contribution is -2.52. The molecule has 1 aromatic rings. The van der Waals surface area contributed by atoms with Crippen molar-refractivity contribution in [1.82, 2.24) is 15.2 Å². The van der Waals surface area contributed by atoms with E-state index in [-0.39, 0.29) is 12.3 Å². The lowest BCUT2D eigenvalue weighted by Gasteiger charge is -2.33. The van der Waals surface area contributed by atoms with Gasteiger partial charge in [-0.2, -0.15) is 0 Å². The van der Waals surface area contributed by atoms with Gasteiger partial charge in [0, 0.05) is 31.9 Å². The number of carbonyl (C=O) groups is 3. The van der Waals surface area contributed by atoms with Crippen LogP contribution in [0, 0.1) is 5.92 Å². The third-order valence-electron chi connectivity index (χ3n) is 4.31. The lowest BCUT2D eigenvalue weighted by molar-refractivity contribution is -0.146. The van der Waals surface area contributed by atoms with Crippen LogP contribution in [-0.4, -0.2) is 57.7 Å². The fourth-order valence-electron chi connectivity index (χ4n) is 2.97. The molecule has 8 nitrogen and oxygen atoms in total. The molecule has 0 aromatic carbocycles. The Labute approximate surface area is 158 Å². The molecule has 0 bridgehead atoms. The van der Waals surface area contributed by atoms with Gasteiger partial charge in [0.2, 0.25) is 5.91 Å². The number of hydrogen-bond donors (Lipinski definition) is 2. The van der Waals surface area contributed by atoms with Gasteiger partial charge in [-0.15, -0.1) is 0 Å². The van der Waals surface area contributed by atoms with Gasteiger partial charge in [-0.1, -0.05) is 6.07 Å². The Balaban J connectivity index is 2.07. The largest absolute Gasteiger partial charge is 0.481 e. The minimum Gasteiger partial charge on any atom is -0.481 e. The van der Waals surface area contributed by atoms with E-state index in [1.54, 1.807) is 44.1 Å². The fraction of sp³-hybridized carbons (Fsp3) is 0.579. The van der Waals surface area contributed by atoms with Crippen molar-refractivity contribution in [2.24, 2.45) is 5.92 Å². The summed E-state index contributed by atoms with van der Waals surface area (Å²) in [6.07, 6.45) is 3.72. The fourth-order valence-corrected chi connectivity index (χ4v) is 2.97. The van der Waals surface area contributed by atoms with Gasteiger partial charge >= 0.3 is 12.1 Å². The zero-order valence-corrected chi connectivity index (χ0v) is 16.0. The van der Waals surface area contributed by atoms with Gasteiger partial charge < -0.3 is 20.1 Å². The topological polar surface area (TPSA) is 109 Å². The maximum Gasteiger partial charge on any atom is 0.408 e. The van der Waals surface area contributed by atoms with E-state index in [1.165, 1.54) is 0 Å². The van der Waals surface area contributed by atoms with Crippen LogP contribution >= 0.6 is 0 Å². The minimum absolute atomic E-state index is 0.242. The first-order valence-corrected chi connectivity index (χ1v) is 9.06. The van der Waals surface area contributed by atoms with Crippen molar-refractivity contribution in [3.05, 3.63) is 30.1 Å². The van der Waals surface area contributed by atoms with E-state index < -0.39 is 29.6 Å². The standard InChI is InChI=1S/C19H27N3O5/c1-19(2,3)27-18(26)21-15(11-13-5-4-8-20-12-13)16(23)22-9-6-14(7-10-22)17(24)25/h4-5,8,12,14-15H,6-7,9-11H2,1-3H3,(H,21,26)(H,24,25)/t15-/m0/s1. The summed E-state index contributed by atoms with van der Waals surface area (Å²) in [5.41, 5.74) is 0.138. The van der Waals surface area contributed by atoms with Gasteiger partial charge in [-0.25, -0.2) is 4.79 Å². The predicted octanol–water partition coefficient (Wildman–Crippen LogP) is 1.84. The smallest absolute Gasteiger partial charge is 0.408 e. The van der Waals surface area contributed by atoms with Crippen LogP contribution in [0.2, 0.25) is 0 Å². The van der Waals surface area contributed by atoms with Crippen molar-refractivity contribution >= 4 is 18.0 Å². The normalized spacial score (nSPS) is 16.5. The molecule has 0 saturated carbocycles. The number of ether oxygens (including phenoxy) is 1. The van der Waals surface area contributed by atoms with Crippen LogP contribution < -0.4 is 5.32 Å². The number of rotatable bonds is 5. The van der Waals surface area contributed by atoms with E-state index in [4.69, 9.17) is 9.84 Å². The third-order valence-corrected chi connectivity index (χ3v) is 4.31. The van der Waals surface area contributed by atoms with Crippen LogP contribution in [0.15, 0.2) is 24.5 Å². The molecule has 1 fully saturated rings. The Kier molecular flexibility index (Phi) is 6.76. The average molecular weight is 377 g/mol. The van der Waals surface area contributed by atoms with Gasteiger partial charge in [-0.05, 0) is 45.2 Å². The third kappa shape index (κ3) is 6.54. The molecule has 8 heteroatoms. The zero-order chi connectivity index (χ0) is 20.0. The van der Waals surface area contributed by atoms with Crippen molar-refractivity contribution < 1.29 is 24.2 Å². The van der Waals surface area contributed by atoms with Gasteiger partial charge in [-0.3, -0.25) is 14.6 Å². The Bertz CT molecular complexity index is 664. The van der Waals surface area contributed by atoms with Crippen molar-refractivity contribution in [2.75, 3.05) is 13.1 Å². The molecular weight excluding hydrogens is 350 g/mol. The molecule has 0 aliphatic carbocycles. The van der Waals surface area contributed by atoms with Crippen LogP contribution in [0.5, 0.6) is 0 Å². The molecule has 1 aromatic heterocycles. The van der Waals surface area contributed by atoms with E-state index in [2.05, 4.69) is 10.3 Å². The summed E-state index contributed by atoms with van der Waals surface area (Å²) in [6.45, 7) is 5.97. The molecule has 1 saturated heterocycles. The number of carboxylic acids is 1. The number of likely N-dealkylation sites (tertiary alicyclic amines) is 1. The Morgan fingerprint density at radius 3 is 2.52 bits per heavy atom. The van der Waals surface area contributed by atoms with Crippen LogP contribution in [0.1, 0.15) is 39.2 Å². The van der Waals surface area contributed by atoms with Gasteiger partial charge in [0.25, 0.3) is 0 Å². The van der Waals surface area contributed by atoms with E-state index in [0.29, 0.717) is 25.9 Å². The first-order chi connectivity index (χ1) is 12.7. The molecule has 2 amide bonds. The van der Waals surface area contributed by atoms with E-state index >= 15 is 0 Å². The molecular formula is C19H27N3O5. The number of aliphatic carboxylic acids is 1. The van der Waals surface area contributed by atoms with Crippen molar-refractivity contribution in [2.45, 2.75) is 51.7 Å². The number of pyridine rings is 1. The summed E-state index contributed by atoms with van der Waals surface area (Å²) in [4.78, 5) is 41.9. The van der Waals surface area contributed by atoms with Crippen LogP contribution in [-0.2, 0) is 20.7 Å². The Morgan fingerprint density at radius 1 is 1.33 bits per heavy atom. The molecule has 0 unspecified atom stereocenters. The molecule has 0 spiro atoms. The first kappa shape index (κ1) is 20.7. The summed E-state index contributed by atoms with van der Waals surface area (Å²) in [6, 6.07) is 2.80. The summed E-state index contributed by atoms with van der Waals surface area (Å²) in [7, 11) is 0. The summed E-state index contributed by atoms with van der Waals surface area (Å²) in [5, 5.41) is 11.8. The molecule has 2 N–H and O–H groups in total. The van der Waals surface area contributed by atoms with Crippen LogP contribution in [0.3, 0.4) is 0 Å². The maximum absolute atomic E-state index is 13.0. The summed E-state index contributed by atoms with van der Waals surface area (Å²) in [5.74, 6) is -1.50. The highest BCUT2D eigenvalue weighted by molar-refractivity contribution is 5.86. The highest BCUT2D eigenvalue weighted by Gasteiger charge is 2.32. The minimum atomic E-state index is -0.833. The van der Waals surface area contributed by atoms with Crippen molar-refractivity contribution in [3.8, 4) is 0 Å². The second-order valence-electron chi connectivity index (χ2n) is 7.70. The van der Waals surface area contributed by atoms with Gasteiger partial charge in [0.05, 0.1) is 5.92 Å². The number of piperidine rings is 1. The second kappa shape index (κ2) is 8.83. The quantitative estimate of drug-likeness (QED) is 0.810. The van der Waals surface area contributed by atoms with Gasteiger partial charge in [0.15, 0.2) is 0 Å². The molecule has 1 aliphatic heterocycles. The van der Waals surface area contributed by atoms with Crippen molar-refractivity contribution in [3.63, 3.8) is 0 Å². The average Bonchev–Trinajstić information content (AvgIpc) is 2.60. The Morgan fingerprint density at radius 2 is 2.00 bits per heavy atom. The molecule has 27 heavy (non-hydrogen) atoms. The van der Waals surface area contributed by atoms with E-state index in [1.807, 2.05) is 6.07 Å². The lowest BCUT2D eigenvalue weighted by atomic mass is 9.96. The highest BCUT2D eigenvalue weighted by Crippen LogP contribution is 2.19. The van der Waals surface area contributed by atoms with E-state index in [9.17, 15) is 14.4 Å². The number of aromatic nitrogens is 1. The summed E-state index contributed by atoms with van der Waals surface area (Å²) >= 11 is 0. The SMILES string of the molecule is CC(C)(C)OC(=O)N[C@@H](Cc1cccnc1)C(=O)N1CCC(C(=O)O)CC1. The molecule has 0 radical (unpaired) electrons. The number of carboxylic acid groups (broad SMARTS) is 1. The second-order valence-corrected chi connectivity index (χ2v) is 7.70. The number of nitrogens with zero attached hydrogens (tertiary/aromatic N) is 2. The molecule has 1 atom stereocenters. The highest BCUT2D eigenvalue weighted by atomic mass is 16.6. The number of carbonyl (C=O) groups excluding carboxylic acids is 2. The predicted molar refractivity (Wildman–Crippen MR) is 98.0 cm³/mol. The molecule has 2 heterocycles. The number of amides is 2. The van der Waals surface area contributed by atoms with Crippen LogP contribution in [0.25, 0.3) is 0 Å². The summed E-state index contributed by atoms with van der Waals surface area (Å²) < 4.78 is 5.28. The van der Waals surface area contributed by atoms with Gasteiger partial charge in [0.1, 0.15) is 11.6 Å².